The van der Waals surface area contributed by atoms with Gasteiger partial charge in [-0.05, 0) is 41.7 Å². The zero-order chi connectivity index (χ0) is 20.1. The number of aromatic nitrogens is 2. The van der Waals surface area contributed by atoms with Gasteiger partial charge in [0.1, 0.15) is 0 Å². The molecule has 2 heterocycles. The molecule has 0 amide bonds. The van der Waals surface area contributed by atoms with Gasteiger partial charge in [-0.3, -0.25) is 4.79 Å². The van der Waals surface area contributed by atoms with Crippen molar-refractivity contribution in [2.75, 3.05) is 0 Å². The van der Waals surface area contributed by atoms with Crippen LogP contribution in [0.15, 0.2) is 57.8 Å². The topological polar surface area (TPSA) is 58.9 Å². The number of pyridine rings is 1. The zero-order valence-electron chi connectivity index (χ0n) is 16.3. The van der Waals surface area contributed by atoms with E-state index in [1.54, 1.807) is 12.1 Å². The summed E-state index contributed by atoms with van der Waals surface area (Å²) in [7, 11) is 0. The highest BCUT2D eigenvalue weighted by atomic mass is 35.5. The predicted octanol–water partition coefficient (Wildman–Crippen LogP) is 6.11. The first-order chi connectivity index (χ1) is 13.2. The quantitative estimate of drug-likeness (QED) is 0.447. The summed E-state index contributed by atoms with van der Waals surface area (Å²) in [6.45, 7) is 8.35. The second-order valence-corrected chi connectivity index (χ2v) is 8.49. The molecular formula is C23H21ClN2O2. The molecule has 0 bridgehead atoms. The fourth-order valence-electron chi connectivity index (χ4n) is 3.42. The molecule has 0 spiro atoms. The number of rotatable bonds is 2. The Balaban J connectivity index is 2.07. The molecule has 0 radical (unpaired) electrons. The van der Waals surface area contributed by atoms with Crippen LogP contribution in [0, 0.1) is 6.92 Å². The van der Waals surface area contributed by atoms with Crippen LogP contribution < -0.4 is 5.56 Å². The molecule has 0 aliphatic carbocycles. The van der Waals surface area contributed by atoms with Gasteiger partial charge in [-0.1, -0.05) is 61.8 Å². The lowest BCUT2D eigenvalue weighted by Crippen LogP contribution is -2.12. The first-order valence-electron chi connectivity index (χ1n) is 9.14. The van der Waals surface area contributed by atoms with Crippen molar-refractivity contribution in [1.82, 2.24) is 10.1 Å². The van der Waals surface area contributed by atoms with Crippen LogP contribution in [-0.4, -0.2) is 10.1 Å². The van der Waals surface area contributed by atoms with Crippen molar-refractivity contribution in [3.8, 4) is 22.5 Å². The number of H-pyrrole nitrogens is 1. The van der Waals surface area contributed by atoms with Crippen LogP contribution in [0.2, 0.25) is 5.02 Å². The molecule has 0 saturated carbocycles. The number of aromatic amines is 1. The number of nitrogens with zero attached hydrogens (tertiary/aromatic N) is 1. The van der Waals surface area contributed by atoms with E-state index in [9.17, 15) is 4.79 Å². The number of aryl methyl sites for hydroxylation is 1. The third-order valence-electron chi connectivity index (χ3n) is 4.89. The largest absolute Gasteiger partial charge is 0.356 e. The monoisotopic (exact) mass is 392 g/mol. The first-order valence-corrected chi connectivity index (χ1v) is 9.52. The molecular weight excluding hydrogens is 372 g/mol. The summed E-state index contributed by atoms with van der Waals surface area (Å²) in [5, 5.41) is 5.42. The van der Waals surface area contributed by atoms with Crippen molar-refractivity contribution in [2.24, 2.45) is 0 Å². The van der Waals surface area contributed by atoms with Gasteiger partial charge >= 0.3 is 0 Å². The van der Waals surface area contributed by atoms with Gasteiger partial charge in [0, 0.05) is 27.6 Å². The van der Waals surface area contributed by atoms with Gasteiger partial charge in [0.25, 0.3) is 5.56 Å². The summed E-state index contributed by atoms with van der Waals surface area (Å²) in [6.07, 6.45) is 0. The van der Waals surface area contributed by atoms with Gasteiger partial charge in [0.15, 0.2) is 5.76 Å². The van der Waals surface area contributed by atoms with Crippen LogP contribution >= 0.6 is 11.6 Å². The second-order valence-electron chi connectivity index (χ2n) is 8.05. The lowest BCUT2D eigenvalue weighted by atomic mass is 9.85. The molecule has 4 rings (SSSR count). The highest BCUT2D eigenvalue weighted by molar-refractivity contribution is 6.31. The van der Waals surface area contributed by atoms with E-state index in [1.165, 1.54) is 5.56 Å². The van der Waals surface area contributed by atoms with Crippen LogP contribution in [0.5, 0.6) is 0 Å². The van der Waals surface area contributed by atoms with E-state index in [4.69, 9.17) is 16.1 Å². The molecule has 0 saturated heterocycles. The van der Waals surface area contributed by atoms with Crippen molar-refractivity contribution >= 4 is 22.5 Å². The number of hydrogen-bond donors (Lipinski definition) is 1. The van der Waals surface area contributed by atoms with Crippen molar-refractivity contribution in [3.63, 3.8) is 0 Å². The maximum Gasteiger partial charge on any atom is 0.260 e. The minimum atomic E-state index is -0.221. The number of fused-ring (bicyclic) bond motifs is 1. The van der Waals surface area contributed by atoms with Crippen LogP contribution in [0.1, 0.15) is 32.0 Å². The lowest BCUT2D eigenvalue weighted by Gasteiger charge is -2.19. The van der Waals surface area contributed by atoms with Gasteiger partial charge in [0.05, 0.1) is 11.3 Å². The van der Waals surface area contributed by atoms with Crippen molar-refractivity contribution in [1.29, 1.82) is 0 Å². The molecule has 5 heteroatoms. The smallest absolute Gasteiger partial charge is 0.260 e. The summed E-state index contributed by atoms with van der Waals surface area (Å²) in [6, 6.07) is 15.5. The molecule has 28 heavy (non-hydrogen) atoms. The molecule has 2 aromatic carbocycles. The van der Waals surface area contributed by atoms with Gasteiger partial charge in [0.2, 0.25) is 0 Å². The predicted molar refractivity (Wildman–Crippen MR) is 114 cm³/mol. The summed E-state index contributed by atoms with van der Waals surface area (Å²) >= 11 is 6.28. The molecule has 0 fully saturated rings. The first kappa shape index (κ1) is 18.5. The van der Waals surface area contributed by atoms with Gasteiger partial charge < -0.3 is 9.51 Å². The van der Waals surface area contributed by atoms with E-state index in [1.807, 2.05) is 31.2 Å². The number of halogens is 1. The normalized spacial score (nSPS) is 11.9. The average Bonchev–Trinajstić information content (AvgIpc) is 3.06. The van der Waals surface area contributed by atoms with E-state index in [2.05, 4.69) is 43.0 Å². The Hall–Kier alpha value is -2.85. The minimum Gasteiger partial charge on any atom is -0.356 e. The molecule has 0 atom stereocenters. The van der Waals surface area contributed by atoms with Crippen LogP contribution in [0.25, 0.3) is 33.4 Å². The number of benzene rings is 2. The fourth-order valence-corrected chi connectivity index (χ4v) is 3.59. The van der Waals surface area contributed by atoms with Crippen LogP contribution in [-0.2, 0) is 5.41 Å². The van der Waals surface area contributed by atoms with Gasteiger partial charge in [-0.2, -0.15) is 0 Å². The van der Waals surface area contributed by atoms with E-state index >= 15 is 0 Å². The van der Waals surface area contributed by atoms with Crippen LogP contribution in [0.3, 0.4) is 0 Å². The lowest BCUT2D eigenvalue weighted by molar-refractivity contribution is 0.427. The summed E-state index contributed by atoms with van der Waals surface area (Å²) in [5.74, 6) is 0.440. The third-order valence-corrected chi connectivity index (χ3v) is 5.13. The van der Waals surface area contributed by atoms with Crippen molar-refractivity contribution < 1.29 is 4.52 Å². The Labute approximate surface area is 168 Å². The maximum atomic E-state index is 13.0. The summed E-state index contributed by atoms with van der Waals surface area (Å²) in [5.41, 5.74) is 4.66. The van der Waals surface area contributed by atoms with E-state index in [-0.39, 0.29) is 11.0 Å². The van der Waals surface area contributed by atoms with Gasteiger partial charge in [-0.25, -0.2) is 0 Å². The Morgan fingerprint density at radius 3 is 2.32 bits per heavy atom. The molecule has 0 aliphatic heterocycles. The maximum absolute atomic E-state index is 13.0. The number of nitrogens with one attached hydrogen (secondary N) is 1. The molecule has 142 valence electrons. The SMILES string of the molecule is Cc1cc(-c2c(-c3ccc(C(C)(C)C)cc3)c3cc(Cl)ccc3[nH]c2=O)on1. The van der Waals surface area contributed by atoms with Crippen LogP contribution in [0.4, 0.5) is 0 Å². The molecule has 2 aromatic heterocycles. The molecule has 4 nitrogen and oxygen atoms in total. The van der Waals surface area contributed by atoms with E-state index in [0.717, 1.165) is 27.7 Å². The van der Waals surface area contributed by atoms with Crippen molar-refractivity contribution in [2.45, 2.75) is 33.1 Å². The summed E-state index contributed by atoms with van der Waals surface area (Å²) in [4.78, 5) is 15.9. The Morgan fingerprint density at radius 1 is 1.00 bits per heavy atom. The Morgan fingerprint density at radius 2 is 1.71 bits per heavy atom. The average molecular weight is 393 g/mol. The molecule has 1 N–H and O–H groups in total. The molecule has 4 aromatic rings. The van der Waals surface area contributed by atoms with E-state index < -0.39 is 0 Å². The highest BCUT2D eigenvalue weighted by Gasteiger charge is 2.21. The molecule has 0 unspecified atom stereocenters. The standard InChI is InChI=1S/C23H21ClN2O2/c1-13-11-19(28-26-13)21-20(14-5-7-15(8-6-14)23(2,3)4)17-12-16(24)9-10-18(17)25-22(21)27/h5-12H,1-4H3,(H,25,27). The van der Waals surface area contributed by atoms with E-state index in [0.29, 0.717) is 16.3 Å². The molecule has 0 aliphatic rings. The number of hydrogen-bond acceptors (Lipinski definition) is 3. The van der Waals surface area contributed by atoms with Gasteiger partial charge in [-0.15, -0.1) is 0 Å². The van der Waals surface area contributed by atoms with Crippen molar-refractivity contribution in [3.05, 3.63) is 75.2 Å². The highest BCUT2D eigenvalue weighted by Crippen LogP contribution is 2.37. The summed E-state index contributed by atoms with van der Waals surface area (Å²) < 4.78 is 5.45. The third kappa shape index (κ3) is 3.25. The fraction of sp³-hybridized carbons (Fsp3) is 0.217. The minimum absolute atomic E-state index is 0.0446. The second kappa shape index (κ2) is 6.64. The Bertz CT molecular complexity index is 1230. The zero-order valence-corrected chi connectivity index (χ0v) is 17.0. The Kier molecular flexibility index (Phi) is 4.39.